The van der Waals surface area contributed by atoms with E-state index in [1.165, 1.54) is 0 Å². The number of carbonyl (C=O) groups excluding carboxylic acids is 1. The van der Waals surface area contributed by atoms with Crippen LogP contribution in [0.3, 0.4) is 0 Å². The van der Waals surface area contributed by atoms with Crippen LogP contribution in [0.5, 0.6) is 11.5 Å². The van der Waals surface area contributed by atoms with Gasteiger partial charge in [0.15, 0.2) is 11.5 Å². The van der Waals surface area contributed by atoms with Crippen LogP contribution < -0.4 is 14.5 Å². The van der Waals surface area contributed by atoms with Crippen molar-refractivity contribution in [2.45, 2.75) is 0 Å². The lowest BCUT2D eigenvalue weighted by Crippen LogP contribution is -2.44. The van der Waals surface area contributed by atoms with Gasteiger partial charge in [-0.2, -0.15) is 5.26 Å². The first-order chi connectivity index (χ1) is 15.1. The molecule has 2 aliphatic rings. The molecule has 31 heavy (non-hydrogen) atoms. The zero-order valence-corrected chi connectivity index (χ0v) is 17.3. The fourth-order valence-corrected chi connectivity index (χ4v) is 4.05. The van der Waals surface area contributed by atoms with Crippen molar-refractivity contribution in [1.82, 2.24) is 4.90 Å². The molecule has 2 heterocycles. The minimum absolute atomic E-state index is 0.133. The summed E-state index contributed by atoms with van der Waals surface area (Å²) in [6.45, 7) is 4.03. The lowest BCUT2D eigenvalue weighted by atomic mass is 10.1. The Morgan fingerprint density at radius 1 is 0.903 bits per heavy atom. The van der Waals surface area contributed by atoms with Gasteiger partial charge in [-0.05, 0) is 55.6 Å². The number of para-hydroxylation sites is 2. The Morgan fingerprint density at radius 2 is 1.61 bits per heavy atom. The standard InChI is InChI=1S/C25H22N4O2/c1-27-12-14-28(15-13-27)20-9-7-19(8-10-20)25(30)29-21-4-2-3-5-23(21)31-24-16-18(17-26)6-11-22(24)29/h2-11,16H,12-15H2,1H3. The van der Waals surface area contributed by atoms with Gasteiger partial charge in [-0.3, -0.25) is 9.69 Å². The molecule has 0 aromatic heterocycles. The molecule has 0 aliphatic carbocycles. The number of nitrogens with zero attached hydrogens (tertiary/aromatic N) is 4. The topological polar surface area (TPSA) is 59.8 Å². The summed E-state index contributed by atoms with van der Waals surface area (Å²) in [4.78, 5) is 19.9. The molecule has 3 aromatic rings. The molecule has 0 bridgehead atoms. The van der Waals surface area contributed by atoms with Gasteiger partial charge in [0.05, 0.1) is 23.0 Å². The summed E-state index contributed by atoms with van der Waals surface area (Å²) >= 11 is 0. The summed E-state index contributed by atoms with van der Waals surface area (Å²) < 4.78 is 5.99. The molecule has 0 spiro atoms. The maximum atomic E-state index is 13.6. The average molecular weight is 410 g/mol. The van der Waals surface area contributed by atoms with E-state index in [-0.39, 0.29) is 5.91 Å². The van der Waals surface area contributed by atoms with Crippen LogP contribution >= 0.6 is 0 Å². The van der Waals surface area contributed by atoms with Gasteiger partial charge in [0.2, 0.25) is 0 Å². The number of amides is 1. The number of hydrogen-bond donors (Lipinski definition) is 0. The molecule has 0 saturated carbocycles. The zero-order chi connectivity index (χ0) is 21.4. The number of hydrogen-bond acceptors (Lipinski definition) is 5. The Hall–Kier alpha value is -3.82. The summed E-state index contributed by atoms with van der Waals surface area (Å²) in [7, 11) is 2.14. The first-order valence-corrected chi connectivity index (χ1v) is 10.3. The van der Waals surface area contributed by atoms with Crippen LogP contribution in [0.4, 0.5) is 17.1 Å². The molecule has 6 nitrogen and oxygen atoms in total. The van der Waals surface area contributed by atoms with Gasteiger partial charge in [0, 0.05) is 43.5 Å². The molecule has 154 valence electrons. The Morgan fingerprint density at radius 3 is 2.35 bits per heavy atom. The predicted molar refractivity (Wildman–Crippen MR) is 120 cm³/mol. The van der Waals surface area contributed by atoms with Crippen LogP contribution in [-0.4, -0.2) is 44.0 Å². The fraction of sp³-hybridized carbons (Fsp3) is 0.200. The van der Waals surface area contributed by atoms with E-state index in [2.05, 4.69) is 22.9 Å². The first kappa shape index (κ1) is 19.2. The van der Waals surface area contributed by atoms with Crippen molar-refractivity contribution in [2.75, 3.05) is 43.0 Å². The molecule has 0 unspecified atom stereocenters. The maximum Gasteiger partial charge on any atom is 0.263 e. The third-order valence-electron chi connectivity index (χ3n) is 5.84. The third-order valence-corrected chi connectivity index (χ3v) is 5.84. The second-order valence-electron chi connectivity index (χ2n) is 7.84. The Kier molecular flexibility index (Phi) is 4.81. The number of nitriles is 1. The largest absolute Gasteiger partial charge is 0.453 e. The predicted octanol–water partition coefficient (Wildman–Crippen LogP) is 4.39. The molecule has 1 fully saturated rings. The van der Waals surface area contributed by atoms with Gasteiger partial charge >= 0.3 is 0 Å². The van der Waals surface area contributed by atoms with Crippen LogP contribution in [-0.2, 0) is 0 Å². The number of piperazine rings is 1. The van der Waals surface area contributed by atoms with Crippen LogP contribution in [0.1, 0.15) is 15.9 Å². The SMILES string of the molecule is CN1CCN(c2ccc(C(=O)N3c4ccccc4Oc4cc(C#N)ccc43)cc2)CC1. The number of rotatable bonds is 2. The van der Waals surface area contributed by atoms with Crippen molar-refractivity contribution in [2.24, 2.45) is 0 Å². The van der Waals surface area contributed by atoms with Crippen LogP contribution in [0, 0.1) is 11.3 Å². The summed E-state index contributed by atoms with van der Waals surface area (Å²) in [5.41, 5.74) is 3.54. The number of benzene rings is 3. The minimum atomic E-state index is -0.133. The van der Waals surface area contributed by atoms with Gasteiger partial charge in [0.25, 0.3) is 5.91 Å². The molecule has 6 heteroatoms. The molecule has 1 saturated heterocycles. The molecular weight excluding hydrogens is 388 g/mol. The van der Waals surface area contributed by atoms with Crippen molar-refractivity contribution < 1.29 is 9.53 Å². The summed E-state index contributed by atoms with van der Waals surface area (Å²) in [6, 6.07) is 22.5. The van der Waals surface area contributed by atoms with E-state index in [0.29, 0.717) is 34.0 Å². The number of anilines is 3. The Bertz CT molecular complexity index is 1170. The van der Waals surface area contributed by atoms with E-state index in [1.54, 1.807) is 23.1 Å². The van der Waals surface area contributed by atoms with E-state index in [4.69, 9.17) is 4.74 Å². The molecular formula is C25H22N4O2. The van der Waals surface area contributed by atoms with Crippen molar-refractivity contribution in [1.29, 1.82) is 5.26 Å². The smallest absolute Gasteiger partial charge is 0.263 e. The van der Waals surface area contributed by atoms with E-state index >= 15 is 0 Å². The highest BCUT2D eigenvalue weighted by atomic mass is 16.5. The fourth-order valence-electron chi connectivity index (χ4n) is 4.05. The molecule has 0 radical (unpaired) electrons. The van der Waals surface area contributed by atoms with Gasteiger partial charge in [0.1, 0.15) is 0 Å². The Balaban J connectivity index is 1.48. The summed E-state index contributed by atoms with van der Waals surface area (Å²) in [5, 5.41) is 9.24. The molecule has 5 rings (SSSR count). The molecule has 0 atom stereocenters. The van der Waals surface area contributed by atoms with Crippen LogP contribution in [0.15, 0.2) is 66.7 Å². The van der Waals surface area contributed by atoms with Crippen LogP contribution in [0.2, 0.25) is 0 Å². The second-order valence-corrected chi connectivity index (χ2v) is 7.84. The highest BCUT2D eigenvalue weighted by Crippen LogP contribution is 2.47. The van der Waals surface area contributed by atoms with E-state index in [0.717, 1.165) is 31.9 Å². The number of fused-ring (bicyclic) bond motifs is 2. The van der Waals surface area contributed by atoms with Crippen molar-refractivity contribution in [3.05, 3.63) is 77.9 Å². The molecule has 2 aliphatic heterocycles. The monoisotopic (exact) mass is 410 g/mol. The lowest BCUT2D eigenvalue weighted by molar-refractivity contribution is 0.0997. The van der Waals surface area contributed by atoms with Crippen LogP contribution in [0.25, 0.3) is 0 Å². The van der Waals surface area contributed by atoms with Crippen molar-refractivity contribution in [3.8, 4) is 17.6 Å². The highest BCUT2D eigenvalue weighted by Gasteiger charge is 2.30. The molecule has 1 amide bonds. The summed E-state index contributed by atoms with van der Waals surface area (Å²) in [5.74, 6) is 0.958. The summed E-state index contributed by atoms with van der Waals surface area (Å²) in [6.07, 6.45) is 0. The van der Waals surface area contributed by atoms with Crippen molar-refractivity contribution in [3.63, 3.8) is 0 Å². The van der Waals surface area contributed by atoms with E-state index in [1.807, 2.05) is 48.5 Å². The number of ether oxygens (including phenoxy) is 1. The Labute approximate surface area is 181 Å². The van der Waals surface area contributed by atoms with E-state index < -0.39 is 0 Å². The first-order valence-electron chi connectivity index (χ1n) is 10.3. The minimum Gasteiger partial charge on any atom is -0.453 e. The quantitative estimate of drug-likeness (QED) is 0.627. The zero-order valence-electron chi connectivity index (χ0n) is 17.3. The van der Waals surface area contributed by atoms with Gasteiger partial charge in [-0.1, -0.05) is 12.1 Å². The molecule has 3 aromatic carbocycles. The lowest BCUT2D eigenvalue weighted by Gasteiger charge is -2.34. The second kappa shape index (κ2) is 7.78. The highest BCUT2D eigenvalue weighted by molar-refractivity contribution is 6.13. The number of likely N-dealkylation sites (N-methyl/N-ethyl adjacent to an activating group) is 1. The average Bonchev–Trinajstić information content (AvgIpc) is 2.82. The van der Waals surface area contributed by atoms with Gasteiger partial charge in [-0.15, -0.1) is 0 Å². The normalized spacial score (nSPS) is 15.5. The van der Waals surface area contributed by atoms with Crippen molar-refractivity contribution >= 4 is 23.0 Å². The maximum absolute atomic E-state index is 13.6. The van der Waals surface area contributed by atoms with E-state index in [9.17, 15) is 10.1 Å². The third kappa shape index (κ3) is 3.49. The van der Waals surface area contributed by atoms with Gasteiger partial charge < -0.3 is 14.5 Å². The van der Waals surface area contributed by atoms with Gasteiger partial charge in [-0.25, -0.2) is 0 Å². The molecule has 0 N–H and O–H groups in total. The number of carbonyl (C=O) groups is 1.